The molecular formula is C28H39N. The molecule has 0 atom stereocenters. The van der Waals surface area contributed by atoms with Crippen LogP contribution in [0.15, 0.2) is 36.5 Å². The summed E-state index contributed by atoms with van der Waals surface area (Å²) in [7, 11) is 0. The van der Waals surface area contributed by atoms with Crippen LogP contribution in [-0.2, 0) is 0 Å². The minimum absolute atomic E-state index is 0.709. The maximum absolute atomic E-state index is 4.88. The van der Waals surface area contributed by atoms with Crippen molar-refractivity contribution >= 4 is 0 Å². The van der Waals surface area contributed by atoms with E-state index < -0.39 is 0 Å². The molecule has 0 amide bonds. The van der Waals surface area contributed by atoms with Crippen molar-refractivity contribution in [1.29, 1.82) is 0 Å². The third-order valence-corrected chi connectivity index (χ3v) is 7.48. The van der Waals surface area contributed by atoms with Crippen molar-refractivity contribution in [2.24, 2.45) is 0 Å². The van der Waals surface area contributed by atoms with Gasteiger partial charge < -0.3 is 0 Å². The lowest BCUT2D eigenvalue weighted by molar-refractivity contribution is 0.449. The molecular weight excluding hydrogens is 350 g/mol. The van der Waals surface area contributed by atoms with Crippen LogP contribution in [0.25, 0.3) is 11.3 Å². The Hall–Kier alpha value is -1.63. The lowest BCUT2D eigenvalue weighted by atomic mass is 9.76. The summed E-state index contributed by atoms with van der Waals surface area (Å²) in [6.45, 7) is 2.35. The average molecular weight is 390 g/mol. The number of pyridine rings is 1. The van der Waals surface area contributed by atoms with Crippen LogP contribution < -0.4 is 0 Å². The Morgan fingerprint density at radius 3 is 1.83 bits per heavy atom. The highest BCUT2D eigenvalue weighted by Gasteiger charge is 2.26. The largest absolute Gasteiger partial charge is 0.256 e. The Kier molecular flexibility index (Phi) is 7.41. The van der Waals surface area contributed by atoms with Crippen LogP contribution in [-0.4, -0.2) is 4.98 Å². The molecule has 1 nitrogen and oxygen atoms in total. The molecule has 2 fully saturated rings. The van der Waals surface area contributed by atoms with Gasteiger partial charge in [-0.05, 0) is 73.3 Å². The Morgan fingerprint density at radius 1 is 0.655 bits per heavy atom. The van der Waals surface area contributed by atoms with Gasteiger partial charge in [-0.25, -0.2) is 0 Å². The van der Waals surface area contributed by atoms with Crippen molar-refractivity contribution in [3.05, 3.63) is 53.2 Å². The van der Waals surface area contributed by atoms with E-state index in [4.69, 9.17) is 4.98 Å². The number of nitrogens with zero attached hydrogens (tertiary/aromatic N) is 1. The van der Waals surface area contributed by atoms with Crippen molar-refractivity contribution in [3.63, 3.8) is 0 Å². The highest BCUT2D eigenvalue weighted by molar-refractivity contribution is 5.71. The van der Waals surface area contributed by atoms with E-state index in [1.54, 1.807) is 11.1 Å². The molecule has 1 aromatic heterocycles. The van der Waals surface area contributed by atoms with Gasteiger partial charge in [0.2, 0.25) is 0 Å². The smallest absolute Gasteiger partial charge is 0.0707 e. The fourth-order valence-corrected chi connectivity index (χ4v) is 5.92. The summed E-state index contributed by atoms with van der Waals surface area (Å²) < 4.78 is 0. The van der Waals surface area contributed by atoms with Crippen molar-refractivity contribution in [1.82, 2.24) is 4.98 Å². The summed E-state index contributed by atoms with van der Waals surface area (Å²) in [6.07, 6.45) is 21.5. The van der Waals surface area contributed by atoms with Gasteiger partial charge in [-0.15, -0.1) is 0 Å². The van der Waals surface area contributed by atoms with Crippen molar-refractivity contribution < 1.29 is 0 Å². The van der Waals surface area contributed by atoms with Crippen LogP contribution in [0.2, 0.25) is 0 Å². The standard InChI is InChI=1S/C28H39N/c1-22-19-20-25(23-14-8-4-2-5-9-15-23)28(26-18-12-13-21-29-26)27(22)24-16-10-6-3-7-11-17-24/h12-13,18-21,23-24H,2-11,14-17H2,1H3. The highest BCUT2D eigenvalue weighted by Crippen LogP contribution is 2.44. The Bertz CT molecular complexity index is 747. The van der Waals surface area contributed by atoms with Gasteiger partial charge >= 0.3 is 0 Å². The van der Waals surface area contributed by atoms with Gasteiger partial charge in [0.25, 0.3) is 0 Å². The van der Waals surface area contributed by atoms with Gasteiger partial charge in [0.15, 0.2) is 0 Å². The van der Waals surface area contributed by atoms with E-state index in [-0.39, 0.29) is 0 Å². The molecule has 0 N–H and O–H groups in total. The molecule has 0 radical (unpaired) electrons. The number of hydrogen-bond acceptors (Lipinski definition) is 1. The molecule has 0 aliphatic heterocycles. The molecule has 29 heavy (non-hydrogen) atoms. The topological polar surface area (TPSA) is 12.9 Å². The number of aromatic nitrogens is 1. The summed E-state index contributed by atoms with van der Waals surface area (Å²) in [4.78, 5) is 4.88. The third-order valence-electron chi connectivity index (χ3n) is 7.48. The molecule has 156 valence electrons. The van der Waals surface area contributed by atoms with Gasteiger partial charge in [0.1, 0.15) is 0 Å². The first kappa shape index (κ1) is 20.6. The first-order valence-corrected chi connectivity index (χ1v) is 12.4. The number of hydrogen-bond donors (Lipinski definition) is 0. The molecule has 2 aliphatic carbocycles. The van der Waals surface area contributed by atoms with Crippen LogP contribution >= 0.6 is 0 Å². The quantitative estimate of drug-likeness (QED) is 0.511. The molecule has 0 spiro atoms. The highest BCUT2D eigenvalue weighted by atomic mass is 14.7. The Morgan fingerprint density at radius 2 is 1.24 bits per heavy atom. The molecule has 2 aliphatic rings. The number of rotatable bonds is 3. The van der Waals surface area contributed by atoms with Crippen LogP contribution in [0.3, 0.4) is 0 Å². The van der Waals surface area contributed by atoms with Gasteiger partial charge in [-0.3, -0.25) is 4.98 Å². The lowest BCUT2D eigenvalue weighted by Gasteiger charge is -2.29. The average Bonchev–Trinajstić information content (AvgIpc) is 2.69. The van der Waals surface area contributed by atoms with Crippen LogP contribution in [0, 0.1) is 6.92 Å². The summed E-state index contributed by atoms with van der Waals surface area (Å²) in [5.41, 5.74) is 7.47. The summed E-state index contributed by atoms with van der Waals surface area (Å²) >= 11 is 0. The fourth-order valence-electron chi connectivity index (χ4n) is 5.92. The molecule has 1 heterocycles. The molecule has 0 saturated heterocycles. The van der Waals surface area contributed by atoms with E-state index >= 15 is 0 Å². The van der Waals surface area contributed by atoms with Crippen LogP contribution in [0.5, 0.6) is 0 Å². The third kappa shape index (κ3) is 5.11. The van der Waals surface area contributed by atoms with E-state index in [1.165, 1.54) is 107 Å². The second kappa shape index (κ2) is 10.4. The molecule has 2 aromatic rings. The predicted octanol–water partition coefficient (Wildman–Crippen LogP) is 8.71. The van der Waals surface area contributed by atoms with E-state index in [0.29, 0.717) is 11.8 Å². The fraction of sp³-hybridized carbons (Fsp3) is 0.607. The van der Waals surface area contributed by atoms with E-state index in [0.717, 1.165) is 0 Å². The molecule has 2 saturated carbocycles. The zero-order chi connectivity index (χ0) is 19.9. The summed E-state index contributed by atoms with van der Waals surface area (Å²) in [5.74, 6) is 1.42. The van der Waals surface area contributed by atoms with Gasteiger partial charge in [0.05, 0.1) is 5.69 Å². The van der Waals surface area contributed by atoms with Gasteiger partial charge in [0, 0.05) is 11.8 Å². The Labute approximate surface area is 178 Å². The second-order valence-corrected chi connectivity index (χ2v) is 9.56. The van der Waals surface area contributed by atoms with Crippen molar-refractivity contribution in [2.75, 3.05) is 0 Å². The van der Waals surface area contributed by atoms with Crippen molar-refractivity contribution in [3.8, 4) is 11.3 Å². The van der Waals surface area contributed by atoms with Crippen molar-refractivity contribution in [2.45, 2.75) is 109 Å². The van der Waals surface area contributed by atoms with Crippen LogP contribution in [0.1, 0.15) is 118 Å². The molecule has 0 bridgehead atoms. The van der Waals surface area contributed by atoms with Gasteiger partial charge in [-0.2, -0.15) is 0 Å². The zero-order valence-electron chi connectivity index (χ0n) is 18.5. The molecule has 1 aromatic carbocycles. The maximum atomic E-state index is 4.88. The van der Waals surface area contributed by atoms with E-state index in [9.17, 15) is 0 Å². The summed E-state index contributed by atoms with van der Waals surface area (Å²) in [6, 6.07) is 11.4. The lowest BCUT2D eigenvalue weighted by Crippen LogP contribution is -2.11. The SMILES string of the molecule is Cc1ccc(C2CCCCCCC2)c(-c2ccccn2)c1C1CCCCCCC1. The zero-order valence-corrected chi connectivity index (χ0v) is 18.5. The molecule has 1 heteroatoms. The number of aryl methyl sites for hydroxylation is 1. The van der Waals surface area contributed by atoms with E-state index in [1.807, 2.05) is 6.20 Å². The molecule has 0 unspecified atom stereocenters. The monoisotopic (exact) mass is 389 g/mol. The Balaban J connectivity index is 1.80. The van der Waals surface area contributed by atoms with E-state index in [2.05, 4.69) is 37.3 Å². The minimum atomic E-state index is 0.709. The maximum Gasteiger partial charge on any atom is 0.0707 e. The normalized spacial score (nSPS) is 20.4. The van der Waals surface area contributed by atoms with Crippen LogP contribution in [0.4, 0.5) is 0 Å². The van der Waals surface area contributed by atoms with Gasteiger partial charge in [-0.1, -0.05) is 82.4 Å². The molecule has 4 rings (SSSR count). The summed E-state index contributed by atoms with van der Waals surface area (Å²) in [5, 5.41) is 0. The second-order valence-electron chi connectivity index (χ2n) is 9.56. The number of benzene rings is 1. The first-order valence-electron chi connectivity index (χ1n) is 12.4. The predicted molar refractivity (Wildman–Crippen MR) is 125 cm³/mol. The first-order chi connectivity index (χ1) is 14.3. The minimum Gasteiger partial charge on any atom is -0.256 e.